The Morgan fingerprint density at radius 3 is 2.52 bits per heavy atom. The number of hydrogen-bond acceptors (Lipinski definition) is 3. The molecule has 0 aromatic heterocycles. The lowest BCUT2D eigenvalue weighted by Crippen LogP contribution is -2.05. The molecule has 0 fully saturated rings. The summed E-state index contributed by atoms with van der Waals surface area (Å²) in [5.74, 6) is 1.51. The van der Waals surface area contributed by atoms with Crippen molar-refractivity contribution in [1.29, 1.82) is 0 Å². The first-order valence-electron chi connectivity index (χ1n) is 6.99. The summed E-state index contributed by atoms with van der Waals surface area (Å²) in [4.78, 5) is 12.7. The number of ether oxygens (including phenoxy) is 2. The highest BCUT2D eigenvalue weighted by Crippen LogP contribution is 2.25. The second-order valence-electron chi connectivity index (χ2n) is 4.93. The third kappa shape index (κ3) is 3.24. The zero-order chi connectivity index (χ0) is 15.4. The van der Waals surface area contributed by atoms with E-state index in [1.807, 2.05) is 51.1 Å². The number of rotatable bonds is 5. The van der Waals surface area contributed by atoms with Crippen molar-refractivity contribution in [2.24, 2.45) is 0 Å². The molecular formula is C18H20O3. The monoisotopic (exact) mass is 284 g/mol. The van der Waals surface area contributed by atoms with Crippen LogP contribution in [0.5, 0.6) is 11.5 Å². The van der Waals surface area contributed by atoms with Gasteiger partial charge in [0.25, 0.3) is 0 Å². The highest BCUT2D eigenvalue weighted by Gasteiger charge is 2.14. The molecule has 2 aromatic rings. The van der Waals surface area contributed by atoms with Crippen molar-refractivity contribution in [1.82, 2.24) is 0 Å². The van der Waals surface area contributed by atoms with Crippen molar-refractivity contribution in [3.05, 3.63) is 58.7 Å². The van der Waals surface area contributed by atoms with Crippen LogP contribution in [0.3, 0.4) is 0 Å². The summed E-state index contributed by atoms with van der Waals surface area (Å²) in [6, 6.07) is 11.1. The average Bonchev–Trinajstić information content (AvgIpc) is 2.49. The summed E-state index contributed by atoms with van der Waals surface area (Å²) in [6.45, 7) is 6.36. The molecule has 3 nitrogen and oxygen atoms in total. The fraction of sp³-hybridized carbons (Fsp3) is 0.278. The van der Waals surface area contributed by atoms with Gasteiger partial charge in [-0.15, -0.1) is 0 Å². The summed E-state index contributed by atoms with van der Waals surface area (Å²) in [7, 11) is 1.63. The van der Waals surface area contributed by atoms with Crippen LogP contribution in [-0.4, -0.2) is 19.5 Å². The lowest BCUT2D eigenvalue weighted by atomic mass is 9.96. The van der Waals surface area contributed by atoms with Crippen molar-refractivity contribution in [2.45, 2.75) is 20.8 Å². The number of aryl methyl sites for hydroxylation is 2. The first-order chi connectivity index (χ1) is 10.1. The van der Waals surface area contributed by atoms with Gasteiger partial charge in [0.15, 0.2) is 5.78 Å². The van der Waals surface area contributed by atoms with Gasteiger partial charge in [-0.05, 0) is 56.2 Å². The minimum atomic E-state index is -0.000180. The molecule has 0 N–H and O–H groups in total. The van der Waals surface area contributed by atoms with Gasteiger partial charge in [-0.1, -0.05) is 12.1 Å². The Bertz CT molecular complexity index is 660. The Hall–Kier alpha value is -2.29. The maximum Gasteiger partial charge on any atom is 0.193 e. The van der Waals surface area contributed by atoms with E-state index in [1.54, 1.807) is 13.2 Å². The second kappa shape index (κ2) is 6.44. The predicted molar refractivity (Wildman–Crippen MR) is 83.5 cm³/mol. The number of carbonyl (C=O) groups excluding carboxylic acids is 1. The second-order valence-corrected chi connectivity index (χ2v) is 4.93. The SMILES string of the molecule is CCOc1cccc(C(=O)c2cc(C)c(OC)cc2C)c1. The number of methoxy groups -OCH3 is 1. The molecule has 0 heterocycles. The van der Waals surface area contributed by atoms with Gasteiger partial charge in [-0.25, -0.2) is 0 Å². The van der Waals surface area contributed by atoms with Crippen LogP contribution >= 0.6 is 0 Å². The summed E-state index contributed by atoms with van der Waals surface area (Å²) in [5.41, 5.74) is 3.19. The molecule has 3 heteroatoms. The van der Waals surface area contributed by atoms with Crippen LogP contribution in [0, 0.1) is 13.8 Å². The molecule has 0 unspecified atom stereocenters. The molecule has 0 radical (unpaired) electrons. The molecule has 0 spiro atoms. The van der Waals surface area contributed by atoms with Gasteiger partial charge in [0.05, 0.1) is 13.7 Å². The van der Waals surface area contributed by atoms with E-state index in [0.29, 0.717) is 23.5 Å². The number of carbonyl (C=O) groups is 1. The van der Waals surface area contributed by atoms with Crippen LogP contribution in [-0.2, 0) is 0 Å². The summed E-state index contributed by atoms with van der Waals surface area (Å²) < 4.78 is 10.7. The fourth-order valence-electron chi connectivity index (χ4n) is 2.30. The fourth-order valence-corrected chi connectivity index (χ4v) is 2.30. The van der Waals surface area contributed by atoms with E-state index in [2.05, 4.69) is 0 Å². The third-order valence-electron chi connectivity index (χ3n) is 3.39. The molecule has 0 saturated carbocycles. The maximum absolute atomic E-state index is 12.7. The average molecular weight is 284 g/mol. The van der Waals surface area contributed by atoms with Gasteiger partial charge in [0, 0.05) is 11.1 Å². The van der Waals surface area contributed by atoms with E-state index in [-0.39, 0.29) is 5.78 Å². The van der Waals surface area contributed by atoms with Crippen LogP contribution in [0.15, 0.2) is 36.4 Å². The van der Waals surface area contributed by atoms with Crippen molar-refractivity contribution < 1.29 is 14.3 Å². The van der Waals surface area contributed by atoms with Gasteiger partial charge in [0.2, 0.25) is 0 Å². The standard InChI is InChI=1S/C18H20O3/c1-5-21-15-8-6-7-14(11-15)18(19)16-9-13(3)17(20-4)10-12(16)2/h6-11H,5H2,1-4H3. The van der Waals surface area contributed by atoms with Gasteiger partial charge < -0.3 is 9.47 Å². The van der Waals surface area contributed by atoms with Crippen LogP contribution in [0.4, 0.5) is 0 Å². The highest BCUT2D eigenvalue weighted by molar-refractivity contribution is 6.10. The molecule has 21 heavy (non-hydrogen) atoms. The van der Waals surface area contributed by atoms with Gasteiger partial charge in [-0.2, -0.15) is 0 Å². The minimum Gasteiger partial charge on any atom is -0.496 e. The molecule has 0 saturated heterocycles. The lowest BCUT2D eigenvalue weighted by molar-refractivity contribution is 0.103. The summed E-state index contributed by atoms with van der Waals surface area (Å²) in [5, 5.41) is 0. The van der Waals surface area contributed by atoms with Crippen molar-refractivity contribution in [3.8, 4) is 11.5 Å². The smallest absolute Gasteiger partial charge is 0.193 e. The Kier molecular flexibility index (Phi) is 4.63. The lowest BCUT2D eigenvalue weighted by Gasteiger charge is -2.11. The summed E-state index contributed by atoms with van der Waals surface area (Å²) in [6.07, 6.45) is 0. The predicted octanol–water partition coefficient (Wildman–Crippen LogP) is 3.94. The number of benzene rings is 2. The number of ketones is 1. The topological polar surface area (TPSA) is 35.5 Å². The Balaban J connectivity index is 2.40. The molecule has 2 aromatic carbocycles. The Labute approximate surface area is 125 Å². The van der Waals surface area contributed by atoms with Gasteiger partial charge in [0.1, 0.15) is 11.5 Å². The van der Waals surface area contributed by atoms with Crippen molar-refractivity contribution in [2.75, 3.05) is 13.7 Å². The van der Waals surface area contributed by atoms with E-state index in [4.69, 9.17) is 9.47 Å². The minimum absolute atomic E-state index is 0.000180. The molecule has 0 bridgehead atoms. The first-order valence-corrected chi connectivity index (χ1v) is 6.99. The first kappa shape index (κ1) is 15.1. The van der Waals surface area contributed by atoms with Crippen LogP contribution in [0.1, 0.15) is 34.0 Å². The molecule has 0 aliphatic heterocycles. The highest BCUT2D eigenvalue weighted by atomic mass is 16.5. The Morgan fingerprint density at radius 1 is 1.10 bits per heavy atom. The largest absolute Gasteiger partial charge is 0.496 e. The molecule has 0 aliphatic rings. The Morgan fingerprint density at radius 2 is 1.86 bits per heavy atom. The van der Waals surface area contributed by atoms with Crippen LogP contribution in [0.25, 0.3) is 0 Å². The molecule has 0 aliphatic carbocycles. The maximum atomic E-state index is 12.7. The van der Waals surface area contributed by atoms with Gasteiger partial charge >= 0.3 is 0 Å². The van der Waals surface area contributed by atoms with Crippen LogP contribution < -0.4 is 9.47 Å². The normalized spacial score (nSPS) is 10.3. The van der Waals surface area contributed by atoms with Crippen LogP contribution in [0.2, 0.25) is 0 Å². The van der Waals surface area contributed by atoms with E-state index in [1.165, 1.54) is 0 Å². The number of hydrogen-bond donors (Lipinski definition) is 0. The molecule has 2 rings (SSSR count). The van der Waals surface area contributed by atoms with E-state index < -0.39 is 0 Å². The van der Waals surface area contributed by atoms with E-state index in [0.717, 1.165) is 16.9 Å². The molecule has 0 amide bonds. The molecular weight excluding hydrogens is 264 g/mol. The zero-order valence-corrected chi connectivity index (χ0v) is 12.9. The summed E-state index contributed by atoms with van der Waals surface area (Å²) >= 11 is 0. The zero-order valence-electron chi connectivity index (χ0n) is 12.9. The van der Waals surface area contributed by atoms with E-state index >= 15 is 0 Å². The molecule has 110 valence electrons. The van der Waals surface area contributed by atoms with E-state index in [9.17, 15) is 4.79 Å². The van der Waals surface area contributed by atoms with Crippen molar-refractivity contribution >= 4 is 5.78 Å². The molecule has 0 atom stereocenters. The van der Waals surface area contributed by atoms with Crippen molar-refractivity contribution in [3.63, 3.8) is 0 Å². The van der Waals surface area contributed by atoms with Gasteiger partial charge in [-0.3, -0.25) is 4.79 Å². The third-order valence-corrected chi connectivity index (χ3v) is 3.39. The quantitative estimate of drug-likeness (QED) is 0.780.